The average molecular weight is 349 g/mol. The lowest BCUT2D eigenvalue weighted by Gasteiger charge is -2.41. The van der Waals surface area contributed by atoms with Crippen LogP contribution in [0.3, 0.4) is 0 Å². The first-order chi connectivity index (χ1) is 12.8. The summed E-state index contributed by atoms with van der Waals surface area (Å²) in [5.74, 6) is 0. The molecule has 1 spiro atoms. The van der Waals surface area contributed by atoms with Gasteiger partial charge in [0.15, 0.2) is 0 Å². The minimum Gasteiger partial charge on any atom is -0.380 e. The molecule has 0 saturated carbocycles. The third-order valence-electron chi connectivity index (χ3n) is 6.60. The van der Waals surface area contributed by atoms with Gasteiger partial charge in [-0.25, -0.2) is 0 Å². The second kappa shape index (κ2) is 6.67. The Morgan fingerprint density at radius 1 is 1.12 bits per heavy atom. The molecule has 26 heavy (non-hydrogen) atoms. The Kier molecular flexibility index (Phi) is 4.18. The Bertz CT molecular complexity index is 749. The molecular formula is C22H27N3O. The molecule has 1 aromatic heterocycles. The van der Waals surface area contributed by atoms with E-state index in [0.717, 1.165) is 32.7 Å². The molecule has 136 valence electrons. The van der Waals surface area contributed by atoms with Gasteiger partial charge >= 0.3 is 0 Å². The molecule has 2 atom stereocenters. The van der Waals surface area contributed by atoms with Crippen molar-refractivity contribution in [3.8, 4) is 0 Å². The van der Waals surface area contributed by atoms with Gasteiger partial charge in [0, 0.05) is 43.4 Å². The lowest BCUT2D eigenvalue weighted by Crippen LogP contribution is -2.42. The average Bonchev–Trinajstić information content (AvgIpc) is 3.31. The number of ether oxygens (including phenoxy) is 1. The molecule has 4 nitrogen and oxygen atoms in total. The van der Waals surface area contributed by atoms with Crippen LogP contribution in [0.2, 0.25) is 0 Å². The Hall–Kier alpha value is -1.91. The van der Waals surface area contributed by atoms with Crippen LogP contribution in [0.5, 0.6) is 0 Å². The summed E-state index contributed by atoms with van der Waals surface area (Å²) >= 11 is 0. The largest absolute Gasteiger partial charge is 0.380 e. The zero-order chi connectivity index (χ0) is 17.4. The van der Waals surface area contributed by atoms with Gasteiger partial charge in [0.25, 0.3) is 0 Å². The molecule has 2 saturated heterocycles. The minimum atomic E-state index is 0.326. The molecule has 2 aliphatic heterocycles. The van der Waals surface area contributed by atoms with Crippen LogP contribution in [0.15, 0.2) is 48.8 Å². The molecule has 4 heteroatoms. The number of nitrogens with zero attached hydrogens (tertiary/aromatic N) is 2. The lowest BCUT2D eigenvalue weighted by atomic mass is 9.73. The Morgan fingerprint density at radius 2 is 2.00 bits per heavy atom. The predicted octanol–water partition coefficient (Wildman–Crippen LogP) is 3.44. The summed E-state index contributed by atoms with van der Waals surface area (Å²) in [6, 6.07) is 14.3. The number of rotatable bonds is 3. The lowest BCUT2D eigenvalue weighted by molar-refractivity contribution is 0.186. The number of nitrogens with one attached hydrogen (secondary N) is 1. The van der Waals surface area contributed by atoms with Crippen molar-refractivity contribution in [3.63, 3.8) is 0 Å². The molecule has 1 aliphatic carbocycles. The van der Waals surface area contributed by atoms with E-state index in [2.05, 4.69) is 45.5 Å². The highest BCUT2D eigenvalue weighted by atomic mass is 16.5. The van der Waals surface area contributed by atoms with Crippen LogP contribution >= 0.6 is 0 Å². The maximum absolute atomic E-state index is 5.58. The summed E-state index contributed by atoms with van der Waals surface area (Å²) < 4.78 is 5.58. The Balaban J connectivity index is 1.36. The monoisotopic (exact) mass is 349 g/mol. The summed E-state index contributed by atoms with van der Waals surface area (Å²) in [5.41, 5.74) is 4.69. The number of hydrogen-bond acceptors (Lipinski definition) is 4. The topological polar surface area (TPSA) is 37.4 Å². The van der Waals surface area contributed by atoms with E-state index in [0.29, 0.717) is 17.5 Å². The fourth-order valence-corrected chi connectivity index (χ4v) is 5.20. The molecular weight excluding hydrogens is 322 g/mol. The normalized spacial score (nSPS) is 27.0. The van der Waals surface area contributed by atoms with Gasteiger partial charge in [-0.1, -0.05) is 24.3 Å². The molecule has 0 bridgehead atoms. The second-order valence-corrected chi connectivity index (χ2v) is 8.05. The van der Waals surface area contributed by atoms with Gasteiger partial charge in [-0.2, -0.15) is 0 Å². The van der Waals surface area contributed by atoms with E-state index in [1.807, 2.05) is 18.5 Å². The number of benzene rings is 1. The van der Waals surface area contributed by atoms with Crippen molar-refractivity contribution in [2.75, 3.05) is 31.2 Å². The molecule has 0 amide bonds. The van der Waals surface area contributed by atoms with Crippen LogP contribution in [-0.2, 0) is 10.2 Å². The molecule has 1 N–H and O–H groups in total. The van der Waals surface area contributed by atoms with Crippen molar-refractivity contribution >= 4 is 5.69 Å². The van der Waals surface area contributed by atoms with Crippen molar-refractivity contribution < 1.29 is 4.74 Å². The van der Waals surface area contributed by atoms with Gasteiger partial charge in [-0.15, -0.1) is 0 Å². The first-order valence-electron chi connectivity index (χ1n) is 9.92. The summed E-state index contributed by atoms with van der Waals surface area (Å²) in [6.45, 7) is 3.98. The van der Waals surface area contributed by atoms with Gasteiger partial charge in [-0.05, 0) is 48.9 Å². The van der Waals surface area contributed by atoms with Crippen molar-refractivity contribution in [3.05, 3.63) is 59.9 Å². The van der Waals surface area contributed by atoms with E-state index in [1.165, 1.54) is 30.5 Å². The molecule has 0 radical (unpaired) electrons. The SMILES string of the molecule is c1cncc(N2CCC3(CC2)C[C@@H](N[C@H]2CCOC2)c2ccccc23)c1. The van der Waals surface area contributed by atoms with Crippen LogP contribution < -0.4 is 10.2 Å². The van der Waals surface area contributed by atoms with Gasteiger partial charge in [-0.3, -0.25) is 4.98 Å². The number of aromatic nitrogens is 1. The van der Waals surface area contributed by atoms with E-state index >= 15 is 0 Å². The van der Waals surface area contributed by atoms with Gasteiger partial charge in [0.1, 0.15) is 0 Å². The van der Waals surface area contributed by atoms with Crippen LogP contribution in [-0.4, -0.2) is 37.3 Å². The number of pyridine rings is 1. The fraction of sp³-hybridized carbons (Fsp3) is 0.500. The van der Waals surface area contributed by atoms with Crippen molar-refractivity contribution in [2.45, 2.75) is 43.2 Å². The molecule has 0 unspecified atom stereocenters. The second-order valence-electron chi connectivity index (χ2n) is 8.05. The van der Waals surface area contributed by atoms with Gasteiger partial charge in [0.2, 0.25) is 0 Å². The number of hydrogen-bond donors (Lipinski definition) is 1. The van der Waals surface area contributed by atoms with Crippen molar-refractivity contribution in [2.24, 2.45) is 0 Å². The minimum absolute atomic E-state index is 0.326. The van der Waals surface area contributed by atoms with Crippen LogP contribution in [0.25, 0.3) is 0 Å². The zero-order valence-corrected chi connectivity index (χ0v) is 15.2. The third-order valence-corrected chi connectivity index (χ3v) is 6.60. The van der Waals surface area contributed by atoms with Crippen LogP contribution in [0.1, 0.15) is 42.9 Å². The summed E-state index contributed by atoms with van der Waals surface area (Å²) in [4.78, 5) is 6.78. The van der Waals surface area contributed by atoms with Gasteiger partial charge in [0.05, 0.1) is 18.5 Å². The Labute approximate surface area is 155 Å². The van der Waals surface area contributed by atoms with E-state index < -0.39 is 0 Å². The molecule has 5 rings (SSSR count). The van der Waals surface area contributed by atoms with E-state index in [4.69, 9.17) is 4.74 Å². The van der Waals surface area contributed by atoms with Crippen molar-refractivity contribution in [1.29, 1.82) is 0 Å². The smallest absolute Gasteiger partial charge is 0.0620 e. The highest BCUT2D eigenvalue weighted by Gasteiger charge is 2.45. The maximum Gasteiger partial charge on any atom is 0.0620 e. The van der Waals surface area contributed by atoms with Crippen molar-refractivity contribution in [1.82, 2.24) is 10.3 Å². The molecule has 3 aliphatic rings. The first kappa shape index (κ1) is 16.3. The van der Waals surface area contributed by atoms with E-state index in [1.54, 1.807) is 5.56 Å². The summed E-state index contributed by atoms with van der Waals surface area (Å²) in [7, 11) is 0. The molecule has 2 aromatic rings. The Morgan fingerprint density at radius 3 is 2.77 bits per heavy atom. The predicted molar refractivity (Wildman–Crippen MR) is 104 cm³/mol. The molecule has 1 aromatic carbocycles. The summed E-state index contributed by atoms with van der Waals surface area (Å²) in [5, 5.41) is 3.90. The summed E-state index contributed by atoms with van der Waals surface area (Å²) in [6.07, 6.45) is 8.65. The standard InChI is InChI=1S/C22H27N3O/c1-2-6-20-19(5-1)21(24-17-7-13-26-16-17)14-22(20)8-11-25(12-9-22)18-4-3-10-23-15-18/h1-6,10,15,17,21,24H,7-9,11-14,16H2/t17-,21+/m0/s1. The van der Waals surface area contributed by atoms with E-state index in [9.17, 15) is 0 Å². The quantitative estimate of drug-likeness (QED) is 0.921. The fourth-order valence-electron chi connectivity index (χ4n) is 5.20. The first-order valence-corrected chi connectivity index (χ1v) is 9.92. The van der Waals surface area contributed by atoms with Gasteiger partial charge < -0.3 is 15.0 Å². The number of anilines is 1. The van der Waals surface area contributed by atoms with Crippen LogP contribution in [0.4, 0.5) is 5.69 Å². The third kappa shape index (κ3) is 2.81. The highest BCUT2D eigenvalue weighted by Crippen LogP contribution is 2.51. The maximum atomic E-state index is 5.58. The molecule has 3 heterocycles. The highest BCUT2D eigenvalue weighted by molar-refractivity contribution is 5.48. The molecule has 2 fully saturated rings. The zero-order valence-electron chi connectivity index (χ0n) is 15.2. The van der Waals surface area contributed by atoms with Crippen LogP contribution in [0, 0.1) is 0 Å². The number of piperidine rings is 1. The van der Waals surface area contributed by atoms with E-state index in [-0.39, 0.29) is 0 Å². The number of fused-ring (bicyclic) bond motifs is 2.